The normalized spacial score (nSPS) is 11.6. The number of aromatic nitrogens is 2. The van der Waals surface area contributed by atoms with Gasteiger partial charge in [-0.3, -0.25) is 0 Å². The Morgan fingerprint density at radius 1 is 1.30 bits per heavy atom. The summed E-state index contributed by atoms with van der Waals surface area (Å²) in [5, 5.41) is 5.14. The van der Waals surface area contributed by atoms with Gasteiger partial charge in [-0.1, -0.05) is 0 Å². The van der Waals surface area contributed by atoms with Crippen molar-refractivity contribution < 1.29 is 13.2 Å². The Bertz CT molecular complexity index is 712. The van der Waals surface area contributed by atoms with Crippen molar-refractivity contribution in [2.45, 2.75) is 25.3 Å². The smallest absolute Gasteiger partial charge is 0.238 e. The Morgan fingerprint density at radius 2 is 1.90 bits per heavy atom. The van der Waals surface area contributed by atoms with Crippen LogP contribution in [0.5, 0.6) is 5.75 Å². The number of sulfonamides is 1. The monoisotopic (exact) mass is 295 g/mol. The van der Waals surface area contributed by atoms with Crippen LogP contribution in [0.25, 0.3) is 0 Å². The maximum atomic E-state index is 11.4. The topological polar surface area (TPSA) is 87.2 Å². The number of benzene rings is 1. The van der Waals surface area contributed by atoms with Crippen LogP contribution in [-0.2, 0) is 23.7 Å². The molecule has 0 unspecified atom stereocenters. The Morgan fingerprint density at radius 3 is 2.35 bits per heavy atom. The van der Waals surface area contributed by atoms with E-state index in [-0.39, 0.29) is 4.90 Å². The maximum absolute atomic E-state index is 11.4. The lowest BCUT2D eigenvalue weighted by Crippen LogP contribution is -2.13. The van der Waals surface area contributed by atoms with Gasteiger partial charge in [0.25, 0.3) is 0 Å². The van der Waals surface area contributed by atoms with Crippen LogP contribution in [0.2, 0.25) is 0 Å². The Balaban J connectivity index is 2.27. The van der Waals surface area contributed by atoms with Gasteiger partial charge in [0.1, 0.15) is 12.4 Å². The van der Waals surface area contributed by atoms with Crippen LogP contribution in [0.1, 0.15) is 16.8 Å². The van der Waals surface area contributed by atoms with E-state index in [0.29, 0.717) is 12.4 Å². The van der Waals surface area contributed by atoms with E-state index in [4.69, 9.17) is 9.88 Å². The SMILES string of the molecule is Cc1cc(S(N)(=O)=O)cc(C)c1OCc1cncn1C. The second kappa shape index (κ2) is 5.26. The van der Waals surface area contributed by atoms with E-state index >= 15 is 0 Å². The first-order valence-corrected chi connectivity index (χ1v) is 7.55. The van der Waals surface area contributed by atoms with Gasteiger partial charge in [0.15, 0.2) is 0 Å². The summed E-state index contributed by atoms with van der Waals surface area (Å²) in [6.07, 6.45) is 3.42. The first-order chi connectivity index (χ1) is 9.29. The van der Waals surface area contributed by atoms with Crippen molar-refractivity contribution in [2.24, 2.45) is 12.2 Å². The molecule has 1 aromatic carbocycles. The molecule has 0 bridgehead atoms. The number of hydrogen-bond donors (Lipinski definition) is 1. The molecule has 0 atom stereocenters. The number of ether oxygens (including phenoxy) is 1. The summed E-state index contributed by atoms with van der Waals surface area (Å²) in [5.41, 5.74) is 2.40. The molecule has 0 aliphatic carbocycles. The van der Waals surface area contributed by atoms with Crippen molar-refractivity contribution >= 4 is 10.0 Å². The van der Waals surface area contributed by atoms with E-state index in [1.807, 2.05) is 11.6 Å². The largest absolute Gasteiger partial charge is 0.487 e. The van der Waals surface area contributed by atoms with Gasteiger partial charge >= 0.3 is 0 Å². The van der Waals surface area contributed by atoms with Crippen LogP contribution < -0.4 is 9.88 Å². The fourth-order valence-corrected chi connectivity index (χ4v) is 2.65. The van der Waals surface area contributed by atoms with Crippen LogP contribution in [0, 0.1) is 13.8 Å². The number of hydrogen-bond acceptors (Lipinski definition) is 4. The van der Waals surface area contributed by atoms with Gasteiger partial charge in [-0.25, -0.2) is 18.5 Å². The van der Waals surface area contributed by atoms with Gasteiger partial charge in [0.05, 0.1) is 23.1 Å². The molecule has 0 radical (unpaired) electrons. The van der Waals surface area contributed by atoms with Crippen LogP contribution in [-0.4, -0.2) is 18.0 Å². The number of imidazole rings is 1. The summed E-state index contributed by atoms with van der Waals surface area (Å²) < 4.78 is 30.4. The van der Waals surface area contributed by atoms with Gasteiger partial charge in [-0.15, -0.1) is 0 Å². The van der Waals surface area contributed by atoms with Crippen LogP contribution in [0.15, 0.2) is 29.6 Å². The van der Waals surface area contributed by atoms with E-state index < -0.39 is 10.0 Å². The summed E-state index contributed by atoms with van der Waals surface area (Å²) in [6, 6.07) is 3.03. The van der Waals surface area contributed by atoms with Crippen molar-refractivity contribution in [3.63, 3.8) is 0 Å². The first-order valence-electron chi connectivity index (χ1n) is 6.01. The highest BCUT2D eigenvalue weighted by Crippen LogP contribution is 2.27. The van der Waals surface area contributed by atoms with Gasteiger partial charge in [0, 0.05) is 7.05 Å². The summed E-state index contributed by atoms with van der Waals surface area (Å²) >= 11 is 0. The van der Waals surface area contributed by atoms with E-state index in [1.165, 1.54) is 12.1 Å². The second-order valence-corrected chi connectivity index (χ2v) is 6.28. The average molecular weight is 295 g/mol. The molecule has 0 fully saturated rings. The zero-order valence-corrected chi connectivity index (χ0v) is 12.4. The molecule has 6 nitrogen and oxygen atoms in total. The lowest BCUT2D eigenvalue weighted by molar-refractivity contribution is 0.293. The molecule has 7 heteroatoms. The quantitative estimate of drug-likeness (QED) is 0.920. The molecule has 0 aliphatic heterocycles. The fraction of sp³-hybridized carbons (Fsp3) is 0.308. The van der Waals surface area contributed by atoms with Gasteiger partial charge in [-0.2, -0.15) is 0 Å². The Kier molecular flexibility index (Phi) is 3.82. The Hall–Kier alpha value is -1.86. The van der Waals surface area contributed by atoms with Gasteiger partial charge < -0.3 is 9.30 Å². The Labute approximate surface area is 118 Å². The van der Waals surface area contributed by atoms with Crippen molar-refractivity contribution in [3.8, 4) is 5.75 Å². The molecule has 2 aromatic rings. The van der Waals surface area contributed by atoms with Gasteiger partial charge in [-0.05, 0) is 37.1 Å². The summed E-state index contributed by atoms with van der Waals surface area (Å²) in [5.74, 6) is 0.665. The molecular weight excluding hydrogens is 278 g/mol. The summed E-state index contributed by atoms with van der Waals surface area (Å²) in [6.45, 7) is 3.95. The minimum absolute atomic E-state index is 0.0976. The molecule has 0 amide bonds. The van der Waals surface area contributed by atoms with Gasteiger partial charge in [0.2, 0.25) is 10.0 Å². The van der Waals surface area contributed by atoms with Crippen molar-refractivity contribution in [2.75, 3.05) is 0 Å². The van der Waals surface area contributed by atoms with Crippen molar-refractivity contribution in [1.82, 2.24) is 9.55 Å². The zero-order chi connectivity index (χ0) is 14.9. The average Bonchev–Trinajstić information content (AvgIpc) is 2.72. The molecular formula is C13H17N3O3S. The molecule has 1 aromatic heterocycles. The highest BCUT2D eigenvalue weighted by molar-refractivity contribution is 7.89. The van der Waals surface area contributed by atoms with E-state index in [0.717, 1.165) is 16.8 Å². The standard InChI is InChI=1S/C13H17N3O3S/c1-9-4-12(20(14,17)18)5-10(2)13(9)19-7-11-6-15-8-16(11)3/h4-6,8H,7H2,1-3H3,(H2,14,17,18). The molecule has 0 spiro atoms. The van der Waals surface area contributed by atoms with Crippen LogP contribution in [0.3, 0.4) is 0 Å². The predicted octanol–water partition coefficient (Wildman–Crippen LogP) is 1.26. The van der Waals surface area contributed by atoms with E-state index in [2.05, 4.69) is 4.98 Å². The molecule has 108 valence electrons. The fourth-order valence-electron chi connectivity index (χ4n) is 1.97. The molecule has 1 heterocycles. The summed E-state index contributed by atoms with van der Waals surface area (Å²) in [7, 11) is -1.81. The molecule has 0 saturated heterocycles. The number of aryl methyl sites for hydroxylation is 3. The van der Waals surface area contributed by atoms with Crippen LogP contribution >= 0.6 is 0 Å². The summed E-state index contributed by atoms with van der Waals surface area (Å²) in [4.78, 5) is 4.11. The third-order valence-corrected chi connectivity index (χ3v) is 3.94. The maximum Gasteiger partial charge on any atom is 0.238 e. The third-order valence-electron chi connectivity index (χ3n) is 3.04. The third kappa shape index (κ3) is 3.00. The number of primary sulfonamides is 1. The molecule has 0 aliphatic rings. The minimum Gasteiger partial charge on any atom is -0.487 e. The molecule has 20 heavy (non-hydrogen) atoms. The minimum atomic E-state index is -3.70. The number of nitrogens with two attached hydrogens (primary N) is 1. The van der Waals surface area contributed by atoms with E-state index in [1.54, 1.807) is 26.4 Å². The predicted molar refractivity (Wildman–Crippen MR) is 74.8 cm³/mol. The highest BCUT2D eigenvalue weighted by Gasteiger charge is 2.13. The van der Waals surface area contributed by atoms with E-state index in [9.17, 15) is 8.42 Å². The first kappa shape index (κ1) is 14.5. The molecule has 2 N–H and O–H groups in total. The van der Waals surface area contributed by atoms with Crippen LogP contribution in [0.4, 0.5) is 0 Å². The number of rotatable bonds is 4. The highest BCUT2D eigenvalue weighted by atomic mass is 32.2. The lowest BCUT2D eigenvalue weighted by Gasteiger charge is -2.13. The van der Waals surface area contributed by atoms with Crippen molar-refractivity contribution in [3.05, 3.63) is 41.5 Å². The zero-order valence-electron chi connectivity index (χ0n) is 11.6. The molecule has 0 saturated carbocycles. The molecule has 2 rings (SSSR count). The number of nitrogens with zero attached hydrogens (tertiary/aromatic N) is 2. The van der Waals surface area contributed by atoms with Crippen molar-refractivity contribution in [1.29, 1.82) is 0 Å². The lowest BCUT2D eigenvalue weighted by atomic mass is 10.1. The second-order valence-electron chi connectivity index (χ2n) is 4.72.